The molecule has 1 fully saturated rings. The van der Waals surface area contributed by atoms with E-state index < -0.39 is 21.7 Å². The highest BCUT2D eigenvalue weighted by molar-refractivity contribution is 9.08. The van der Waals surface area contributed by atoms with Crippen molar-refractivity contribution in [1.82, 2.24) is 9.62 Å². The zero-order chi connectivity index (χ0) is 18.7. The molecule has 0 saturated carbocycles. The number of piperidine rings is 1. The first-order chi connectivity index (χ1) is 11.6. The molecule has 1 amide bonds. The van der Waals surface area contributed by atoms with Crippen LogP contribution in [0.15, 0.2) is 29.2 Å². The van der Waals surface area contributed by atoms with Gasteiger partial charge < -0.3 is 10.1 Å². The number of nitrogens with zero attached hydrogens (tertiary/aromatic N) is 1. The average Bonchev–Trinajstić information content (AvgIpc) is 2.53. The number of carbonyl (C=O) groups excluding carboxylic acids is 1. The summed E-state index contributed by atoms with van der Waals surface area (Å²) >= 11 is 3.35. The number of sulfonamides is 1. The molecule has 1 N–H and O–H groups in total. The quantitative estimate of drug-likeness (QED) is 0.740. The van der Waals surface area contributed by atoms with Crippen molar-refractivity contribution in [1.29, 1.82) is 0 Å². The van der Waals surface area contributed by atoms with E-state index in [9.17, 15) is 13.2 Å². The summed E-state index contributed by atoms with van der Waals surface area (Å²) in [6.07, 6.45) is 0.905. The summed E-state index contributed by atoms with van der Waals surface area (Å²) in [5.74, 6) is 0. The summed E-state index contributed by atoms with van der Waals surface area (Å²) in [7, 11) is -3.58. The van der Waals surface area contributed by atoms with Gasteiger partial charge in [0.05, 0.1) is 4.90 Å². The smallest absolute Gasteiger partial charge is 0.407 e. The van der Waals surface area contributed by atoms with E-state index in [0.717, 1.165) is 12.0 Å². The van der Waals surface area contributed by atoms with E-state index in [0.29, 0.717) is 18.3 Å². The van der Waals surface area contributed by atoms with Crippen LogP contribution in [0.5, 0.6) is 0 Å². The van der Waals surface area contributed by atoms with Gasteiger partial charge in [0.25, 0.3) is 0 Å². The number of alkyl carbamates (subject to hydrolysis) is 1. The predicted octanol–water partition coefficient (Wildman–Crippen LogP) is 3.26. The van der Waals surface area contributed by atoms with Gasteiger partial charge in [-0.1, -0.05) is 28.1 Å². The van der Waals surface area contributed by atoms with Gasteiger partial charge >= 0.3 is 6.09 Å². The molecule has 25 heavy (non-hydrogen) atoms. The minimum absolute atomic E-state index is 0.250. The molecule has 0 spiro atoms. The largest absolute Gasteiger partial charge is 0.444 e. The predicted molar refractivity (Wildman–Crippen MR) is 100 cm³/mol. The van der Waals surface area contributed by atoms with Gasteiger partial charge in [-0.2, -0.15) is 4.31 Å². The second-order valence-corrected chi connectivity index (χ2v) is 9.63. The summed E-state index contributed by atoms with van der Waals surface area (Å²) in [5, 5.41) is 3.37. The number of nitrogens with one attached hydrogen (secondary N) is 1. The number of hydrogen-bond donors (Lipinski definition) is 1. The Morgan fingerprint density at radius 3 is 2.76 bits per heavy atom. The zero-order valence-corrected chi connectivity index (χ0v) is 17.2. The molecular formula is C17H25BrN2O4S. The number of amides is 1. The van der Waals surface area contributed by atoms with Gasteiger partial charge in [-0.05, 0) is 51.3 Å². The number of benzene rings is 1. The second kappa shape index (κ2) is 8.05. The molecule has 0 radical (unpaired) electrons. The lowest BCUT2D eigenvalue weighted by atomic mass is 10.1. The van der Waals surface area contributed by atoms with E-state index >= 15 is 0 Å². The molecule has 6 nitrogen and oxygen atoms in total. The van der Waals surface area contributed by atoms with Crippen molar-refractivity contribution in [2.45, 2.75) is 55.5 Å². The summed E-state index contributed by atoms with van der Waals surface area (Å²) in [6, 6.07) is 6.64. The fraction of sp³-hybridized carbons (Fsp3) is 0.588. The maximum absolute atomic E-state index is 12.9. The van der Waals surface area contributed by atoms with Crippen LogP contribution in [0.3, 0.4) is 0 Å². The highest BCUT2D eigenvalue weighted by Gasteiger charge is 2.31. The lowest BCUT2D eigenvalue weighted by Crippen LogP contribution is -2.50. The van der Waals surface area contributed by atoms with Gasteiger partial charge in [0.2, 0.25) is 10.0 Å². The number of alkyl halides is 1. The highest BCUT2D eigenvalue weighted by atomic mass is 79.9. The van der Waals surface area contributed by atoms with Crippen molar-refractivity contribution in [3.63, 3.8) is 0 Å². The molecule has 0 unspecified atom stereocenters. The average molecular weight is 433 g/mol. The molecule has 1 aliphatic rings. The first-order valence-corrected chi connectivity index (χ1v) is 10.8. The van der Waals surface area contributed by atoms with E-state index in [4.69, 9.17) is 4.74 Å². The van der Waals surface area contributed by atoms with Crippen LogP contribution >= 0.6 is 15.9 Å². The van der Waals surface area contributed by atoms with Crippen LogP contribution in [0.4, 0.5) is 4.79 Å². The fourth-order valence-electron chi connectivity index (χ4n) is 2.69. The van der Waals surface area contributed by atoms with Gasteiger partial charge in [0.1, 0.15) is 5.60 Å². The Hall–Kier alpha value is -1.12. The maximum atomic E-state index is 12.9. The SMILES string of the molecule is CC(C)(C)OC(=O)N[C@H]1CCCN(S(=O)(=O)c2cccc(CBr)c2)C1. The van der Waals surface area contributed by atoms with Crippen LogP contribution in [0.2, 0.25) is 0 Å². The Bertz CT molecular complexity index is 716. The van der Waals surface area contributed by atoms with Crippen molar-refractivity contribution in [3.05, 3.63) is 29.8 Å². The molecular weight excluding hydrogens is 408 g/mol. The van der Waals surface area contributed by atoms with Gasteiger partial charge in [-0.25, -0.2) is 13.2 Å². The normalized spacial score (nSPS) is 19.4. The third-order valence-electron chi connectivity index (χ3n) is 3.80. The molecule has 1 aromatic rings. The highest BCUT2D eigenvalue weighted by Crippen LogP contribution is 2.22. The second-order valence-electron chi connectivity index (χ2n) is 7.13. The van der Waals surface area contributed by atoms with Crippen molar-refractivity contribution in [2.75, 3.05) is 13.1 Å². The Labute approximate surface area is 158 Å². The summed E-state index contributed by atoms with van der Waals surface area (Å²) in [4.78, 5) is 12.2. The molecule has 1 aromatic carbocycles. The summed E-state index contributed by atoms with van der Waals surface area (Å²) < 4.78 is 32.5. The van der Waals surface area contributed by atoms with Crippen LogP contribution in [0.25, 0.3) is 0 Å². The maximum Gasteiger partial charge on any atom is 0.407 e. The monoisotopic (exact) mass is 432 g/mol. The summed E-state index contributed by atoms with van der Waals surface area (Å²) in [6.45, 7) is 6.08. The summed E-state index contributed by atoms with van der Waals surface area (Å²) in [5.41, 5.74) is 0.321. The third kappa shape index (κ3) is 5.69. The minimum atomic E-state index is -3.58. The Morgan fingerprint density at radius 1 is 1.40 bits per heavy atom. The molecule has 140 valence electrons. The first kappa shape index (κ1) is 20.2. The van der Waals surface area contributed by atoms with E-state index in [1.807, 2.05) is 6.07 Å². The Balaban J connectivity index is 2.08. The number of rotatable bonds is 4. The molecule has 0 bridgehead atoms. The van der Waals surface area contributed by atoms with Crippen LogP contribution in [0.1, 0.15) is 39.2 Å². The number of ether oxygens (including phenoxy) is 1. The van der Waals surface area contributed by atoms with Crippen LogP contribution < -0.4 is 5.32 Å². The lowest BCUT2D eigenvalue weighted by Gasteiger charge is -2.32. The molecule has 0 aliphatic carbocycles. The standard InChI is InChI=1S/C17H25BrN2O4S/c1-17(2,3)24-16(21)19-14-7-5-9-20(12-14)25(22,23)15-8-4-6-13(10-15)11-18/h4,6,8,10,14H,5,7,9,11-12H2,1-3H3,(H,19,21)/t14-/m0/s1. The molecule has 8 heteroatoms. The van der Waals surface area contributed by atoms with E-state index in [-0.39, 0.29) is 17.5 Å². The van der Waals surface area contributed by atoms with Gasteiger partial charge in [-0.3, -0.25) is 0 Å². The van der Waals surface area contributed by atoms with Crippen molar-refractivity contribution in [2.24, 2.45) is 0 Å². The van der Waals surface area contributed by atoms with Gasteiger partial charge in [-0.15, -0.1) is 0 Å². The van der Waals surface area contributed by atoms with Crippen LogP contribution in [0, 0.1) is 0 Å². The molecule has 1 atom stereocenters. The van der Waals surface area contributed by atoms with Crippen LogP contribution in [-0.4, -0.2) is 43.5 Å². The van der Waals surface area contributed by atoms with E-state index in [1.165, 1.54) is 4.31 Å². The number of carbonyl (C=O) groups is 1. The van der Waals surface area contributed by atoms with Crippen molar-refractivity contribution < 1.29 is 17.9 Å². The van der Waals surface area contributed by atoms with E-state index in [1.54, 1.807) is 39.0 Å². The van der Waals surface area contributed by atoms with Crippen molar-refractivity contribution >= 4 is 32.0 Å². The molecule has 2 rings (SSSR count). The third-order valence-corrected chi connectivity index (χ3v) is 6.30. The Morgan fingerprint density at radius 2 is 2.12 bits per heavy atom. The zero-order valence-electron chi connectivity index (χ0n) is 14.8. The van der Waals surface area contributed by atoms with Gasteiger partial charge in [0, 0.05) is 24.5 Å². The number of halogens is 1. The number of hydrogen-bond acceptors (Lipinski definition) is 4. The molecule has 1 heterocycles. The molecule has 0 aromatic heterocycles. The van der Waals surface area contributed by atoms with Crippen LogP contribution in [-0.2, 0) is 20.1 Å². The minimum Gasteiger partial charge on any atom is -0.444 e. The fourth-order valence-corrected chi connectivity index (χ4v) is 4.63. The van der Waals surface area contributed by atoms with Crippen molar-refractivity contribution in [3.8, 4) is 0 Å². The topological polar surface area (TPSA) is 75.7 Å². The van der Waals surface area contributed by atoms with Gasteiger partial charge in [0.15, 0.2) is 0 Å². The Kier molecular flexibility index (Phi) is 6.51. The first-order valence-electron chi connectivity index (χ1n) is 8.26. The molecule has 1 aliphatic heterocycles. The molecule has 1 saturated heterocycles. The van der Waals surface area contributed by atoms with E-state index in [2.05, 4.69) is 21.2 Å². The lowest BCUT2D eigenvalue weighted by molar-refractivity contribution is 0.0487.